The highest BCUT2D eigenvalue weighted by Gasteiger charge is 2.21. The molecular formula is C14H17N3O2. The van der Waals surface area contributed by atoms with E-state index in [0.29, 0.717) is 5.92 Å². The maximum Gasteiger partial charge on any atom is 0.271 e. The van der Waals surface area contributed by atoms with Crippen LogP contribution in [0, 0.1) is 10.1 Å². The zero-order valence-corrected chi connectivity index (χ0v) is 10.9. The van der Waals surface area contributed by atoms with Crippen molar-refractivity contribution in [1.29, 1.82) is 0 Å². The van der Waals surface area contributed by atoms with Gasteiger partial charge >= 0.3 is 0 Å². The van der Waals surface area contributed by atoms with Crippen LogP contribution in [0.5, 0.6) is 0 Å². The molecule has 0 atom stereocenters. The van der Waals surface area contributed by atoms with Gasteiger partial charge in [0.05, 0.1) is 10.4 Å². The minimum absolute atomic E-state index is 0.143. The average molecular weight is 259 g/mol. The second-order valence-corrected chi connectivity index (χ2v) is 5.31. The Labute approximate surface area is 111 Å². The highest BCUT2D eigenvalue weighted by atomic mass is 16.6. The molecule has 0 bridgehead atoms. The van der Waals surface area contributed by atoms with Crippen LogP contribution in [0.2, 0.25) is 0 Å². The van der Waals surface area contributed by atoms with Crippen LogP contribution < -0.4 is 0 Å². The number of rotatable bonds is 2. The Hall–Kier alpha value is -1.88. The summed E-state index contributed by atoms with van der Waals surface area (Å²) in [5.74, 6) is 0.561. The lowest BCUT2D eigenvalue weighted by Gasteiger charge is -2.28. The third-order valence-corrected chi connectivity index (χ3v) is 4.07. The number of fused-ring (bicyclic) bond motifs is 1. The molecule has 0 radical (unpaired) electrons. The third kappa shape index (κ3) is 2.21. The highest BCUT2D eigenvalue weighted by molar-refractivity contribution is 5.85. The standard InChI is InChI=1S/C14H17N3O2/c1-16-6-4-10(5-7-16)13-9-15-14-8-11(17(18)19)2-3-12(13)14/h2-3,8-10,15H,4-7H2,1H3. The number of hydrogen-bond acceptors (Lipinski definition) is 3. The minimum Gasteiger partial charge on any atom is -0.361 e. The van der Waals surface area contributed by atoms with E-state index in [4.69, 9.17) is 0 Å². The maximum atomic E-state index is 10.8. The van der Waals surface area contributed by atoms with Gasteiger partial charge in [0.25, 0.3) is 5.69 Å². The van der Waals surface area contributed by atoms with Crippen LogP contribution >= 0.6 is 0 Å². The number of nitro benzene ring substituents is 1. The molecule has 3 rings (SSSR count). The summed E-state index contributed by atoms with van der Waals surface area (Å²) in [6, 6.07) is 5.08. The normalized spacial score (nSPS) is 17.9. The molecule has 0 saturated carbocycles. The van der Waals surface area contributed by atoms with Gasteiger partial charge in [-0.15, -0.1) is 0 Å². The molecule has 2 aromatic rings. The topological polar surface area (TPSA) is 62.2 Å². The van der Waals surface area contributed by atoms with Crippen molar-refractivity contribution in [2.75, 3.05) is 20.1 Å². The van der Waals surface area contributed by atoms with Crippen molar-refractivity contribution in [3.05, 3.63) is 40.1 Å². The van der Waals surface area contributed by atoms with Gasteiger partial charge in [-0.25, -0.2) is 0 Å². The van der Waals surface area contributed by atoms with E-state index < -0.39 is 0 Å². The number of nitro groups is 1. The van der Waals surface area contributed by atoms with Crippen LogP contribution in [-0.2, 0) is 0 Å². The summed E-state index contributed by atoms with van der Waals surface area (Å²) < 4.78 is 0. The van der Waals surface area contributed by atoms with Crippen molar-refractivity contribution in [1.82, 2.24) is 9.88 Å². The molecule has 1 aliphatic rings. The van der Waals surface area contributed by atoms with E-state index in [1.807, 2.05) is 12.3 Å². The number of aromatic amines is 1. The summed E-state index contributed by atoms with van der Waals surface area (Å²) in [7, 11) is 2.15. The van der Waals surface area contributed by atoms with Crippen LogP contribution in [0.15, 0.2) is 24.4 Å². The molecule has 0 spiro atoms. The quantitative estimate of drug-likeness (QED) is 0.666. The summed E-state index contributed by atoms with van der Waals surface area (Å²) in [6.45, 7) is 2.23. The van der Waals surface area contributed by atoms with E-state index in [-0.39, 0.29) is 10.6 Å². The van der Waals surface area contributed by atoms with Crippen LogP contribution in [0.4, 0.5) is 5.69 Å². The summed E-state index contributed by atoms with van der Waals surface area (Å²) in [4.78, 5) is 15.9. The molecule has 1 aliphatic heterocycles. The maximum absolute atomic E-state index is 10.8. The molecule has 1 fully saturated rings. The van der Waals surface area contributed by atoms with Gasteiger partial charge in [0.15, 0.2) is 0 Å². The summed E-state index contributed by atoms with van der Waals surface area (Å²) in [5, 5.41) is 11.9. The number of likely N-dealkylation sites (tertiary alicyclic amines) is 1. The Morgan fingerprint density at radius 3 is 2.79 bits per heavy atom. The number of benzene rings is 1. The number of piperidine rings is 1. The second kappa shape index (κ2) is 4.66. The lowest BCUT2D eigenvalue weighted by Crippen LogP contribution is -2.29. The van der Waals surface area contributed by atoms with Crippen LogP contribution in [0.25, 0.3) is 10.9 Å². The van der Waals surface area contributed by atoms with Crippen molar-refractivity contribution in [3.63, 3.8) is 0 Å². The Kier molecular flexibility index (Phi) is 2.98. The monoisotopic (exact) mass is 259 g/mol. The zero-order chi connectivity index (χ0) is 13.4. The number of aromatic nitrogens is 1. The van der Waals surface area contributed by atoms with Gasteiger partial charge in [-0.2, -0.15) is 0 Å². The van der Waals surface area contributed by atoms with Gasteiger partial charge in [-0.05, 0) is 50.5 Å². The molecule has 5 nitrogen and oxygen atoms in total. The van der Waals surface area contributed by atoms with Crippen LogP contribution in [0.1, 0.15) is 24.3 Å². The smallest absolute Gasteiger partial charge is 0.271 e. The molecule has 2 heterocycles. The van der Waals surface area contributed by atoms with Crippen LogP contribution in [0.3, 0.4) is 0 Å². The van der Waals surface area contributed by atoms with Crippen molar-refractivity contribution < 1.29 is 4.92 Å². The Morgan fingerprint density at radius 2 is 2.11 bits per heavy atom. The average Bonchev–Trinajstić information content (AvgIpc) is 2.82. The highest BCUT2D eigenvalue weighted by Crippen LogP contribution is 2.33. The molecule has 1 aromatic heterocycles. The van der Waals surface area contributed by atoms with E-state index in [1.54, 1.807) is 12.1 Å². The molecule has 19 heavy (non-hydrogen) atoms. The molecule has 100 valence electrons. The summed E-state index contributed by atoms with van der Waals surface area (Å²) in [5.41, 5.74) is 2.31. The molecule has 1 saturated heterocycles. The number of hydrogen-bond donors (Lipinski definition) is 1. The zero-order valence-electron chi connectivity index (χ0n) is 10.9. The molecule has 1 N–H and O–H groups in total. The molecule has 0 unspecified atom stereocenters. The fourth-order valence-electron chi connectivity index (χ4n) is 2.91. The fraction of sp³-hybridized carbons (Fsp3) is 0.429. The number of non-ortho nitro benzene ring substituents is 1. The van der Waals surface area contributed by atoms with E-state index in [1.165, 1.54) is 5.56 Å². The van der Waals surface area contributed by atoms with Crippen molar-refractivity contribution >= 4 is 16.6 Å². The molecular weight excluding hydrogens is 242 g/mol. The van der Waals surface area contributed by atoms with E-state index >= 15 is 0 Å². The van der Waals surface area contributed by atoms with Gasteiger partial charge in [-0.1, -0.05) is 0 Å². The lowest BCUT2D eigenvalue weighted by atomic mass is 9.89. The number of nitrogens with zero attached hydrogens (tertiary/aromatic N) is 2. The fourth-order valence-corrected chi connectivity index (χ4v) is 2.91. The van der Waals surface area contributed by atoms with Crippen molar-refractivity contribution in [2.45, 2.75) is 18.8 Å². The first-order valence-corrected chi connectivity index (χ1v) is 6.59. The van der Waals surface area contributed by atoms with E-state index in [2.05, 4.69) is 16.9 Å². The first-order valence-electron chi connectivity index (χ1n) is 6.59. The van der Waals surface area contributed by atoms with Gasteiger partial charge in [0.1, 0.15) is 0 Å². The summed E-state index contributed by atoms with van der Waals surface area (Å²) >= 11 is 0. The predicted octanol–water partition coefficient (Wildman–Crippen LogP) is 2.89. The first kappa shape index (κ1) is 12.2. The Balaban J connectivity index is 1.95. The first-order chi connectivity index (χ1) is 9.15. The molecule has 1 aromatic carbocycles. The third-order valence-electron chi connectivity index (χ3n) is 4.07. The Bertz CT molecular complexity index is 612. The Morgan fingerprint density at radius 1 is 1.37 bits per heavy atom. The van der Waals surface area contributed by atoms with Crippen molar-refractivity contribution in [3.8, 4) is 0 Å². The van der Waals surface area contributed by atoms with Gasteiger partial charge < -0.3 is 9.88 Å². The molecule has 5 heteroatoms. The summed E-state index contributed by atoms with van der Waals surface area (Å²) in [6.07, 6.45) is 4.32. The molecule has 0 amide bonds. The lowest BCUT2D eigenvalue weighted by molar-refractivity contribution is -0.384. The van der Waals surface area contributed by atoms with Gasteiger partial charge in [-0.3, -0.25) is 10.1 Å². The minimum atomic E-state index is -0.352. The largest absolute Gasteiger partial charge is 0.361 e. The van der Waals surface area contributed by atoms with E-state index in [9.17, 15) is 10.1 Å². The number of nitrogens with one attached hydrogen (secondary N) is 1. The predicted molar refractivity (Wildman–Crippen MR) is 74.4 cm³/mol. The molecule has 0 aliphatic carbocycles. The second-order valence-electron chi connectivity index (χ2n) is 5.31. The van der Waals surface area contributed by atoms with Gasteiger partial charge in [0.2, 0.25) is 0 Å². The van der Waals surface area contributed by atoms with Crippen molar-refractivity contribution in [2.24, 2.45) is 0 Å². The number of H-pyrrole nitrogens is 1. The van der Waals surface area contributed by atoms with Gasteiger partial charge in [0, 0.05) is 23.7 Å². The SMILES string of the molecule is CN1CCC(c2c[nH]c3cc([N+](=O)[O-])ccc23)CC1. The van der Waals surface area contributed by atoms with E-state index in [0.717, 1.165) is 36.8 Å². The van der Waals surface area contributed by atoms with Crippen LogP contribution in [-0.4, -0.2) is 34.9 Å².